The number of nitrogens with one attached hydrogen (secondary N) is 2. The molecule has 1 fully saturated rings. The van der Waals surface area contributed by atoms with Crippen molar-refractivity contribution in [1.82, 2.24) is 25.3 Å². The zero-order valence-electron chi connectivity index (χ0n) is 16.1. The molecular formula is C21H29N5O. The van der Waals surface area contributed by atoms with Gasteiger partial charge in [0.05, 0.1) is 5.69 Å². The average molecular weight is 367 g/mol. The second-order valence-electron chi connectivity index (χ2n) is 7.58. The molecule has 6 nitrogen and oxygen atoms in total. The average Bonchev–Trinajstić information content (AvgIpc) is 3.29. The molecule has 0 radical (unpaired) electrons. The van der Waals surface area contributed by atoms with Gasteiger partial charge in [-0.1, -0.05) is 17.7 Å². The van der Waals surface area contributed by atoms with Gasteiger partial charge in [0.1, 0.15) is 0 Å². The lowest BCUT2D eigenvalue weighted by atomic mass is 10.2. The number of hydrogen-bond donors (Lipinski definition) is 2. The van der Waals surface area contributed by atoms with E-state index in [1.54, 1.807) is 0 Å². The number of piperazine rings is 1. The fourth-order valence-corrected chi connectivity index (χ4v) is 4.04. The zero-order chi connectivity index (χ0) is 18.6. The monoisotopic (exact) mass is 367 g/mol. The summed E-state index contributed by atoms with van der Waals surface area (Å²) in [5, 5.41) is 11.1. The van der Waals surface area contributed by atoms with Gasteiger partial charge < -0.3 is 15.5 Å². The number of benzene rings is 1. The summed E-state index contributed by atoms with van der Waals surface area (Å²) in [6.45, 7) is 8.15. The lowest BCUT2D eigenvalue weighted by Crippen LogP contribution is -2.44. The Morgan fingerprint density at radius 3 is 2.74 bits per heavy atom. The largest absolute Gasteiger partial charge is 0.351 e. The van der Waals surface area contributed by atoms with Crippen LogP contribution in [0.3, 0.4) is 0 Å². The molecule has 0 saturated carbocycles. The van der Waals surface area contributed by atoms with Crippen molar-refractivity contribution in [3.63, 3.8) is 0 Å². The van der Waals surface area contributed by atoms with Gasteiger partial charge in [0.25, 0.3) is 5.91 Å². The lowest BCUT2D eigenvalue weighted by Gasteiger charge is -2.27. The first-order chi connectivity index (χ1) is 13.2. The van der Waals surface area contributed by atoms with Gasteiger partial charge in [0, 0.05) is 44.0 Å². The van der Waals surface area contributed by atoms with Crippen LogP contribution >= 0.6 is 0 Å². The van der Waals surface area contributed by atoms with Crippen LogP contribution in [0.15, 0.2) is 24.3 Å². The number of nitrogens with zero attached hydrogens (tertiary/aromatic N) is 3. The molecule has 0 atom stereocenters. The summed E-state index contributed by atoms with van der Waals surface area (Å²) in [6, 6.07) is 8.34. The van der Waals surface area contributed by atoms with E-state index >= 15 is 0 Å². The molecule has 0 unspecified atom stereocenters. The van der Waals surface area contributed by atoms with E-state index in [0.29, 0.717) is 12.2 Å². The highest BCUT2D eigenvalue weighted by Gasteiger charge is 2.26. The minimum Gasteiger partial charge on any atom is -0.351 e. The number of carbonyl (C=O) groups is 1. The SMILES string of the molecule is Cc1ccc(-n2nc(C(=O)NCCCN3CCNCC3)c3c2CCC3)cc1. The van der Waals surface area contributed by atoms with Crippen molar-refractivity contribution in [3.8, 4) is 5.69 Å². The van der Waals surface area contributed by atoms with Crippen molar-refractivity contribution < 1.29 is 4.79 Å². The molecular weight excluding hydrogens is 338 g/mol. The topological polar surface area (TPSA) is 62.2 Å². The van der Waals surface area contributed by atoms with Gasteiger partial charge in [-0.2, -0.15) is 5.10 Å². The standard InChI is InChI=1S/C21H29N5O/c1-16-6-8-17(9-7-16)26-19-5-2-4-18(19)20(24-26)21(27)23-10-3-13-25-14-11-22-12-15-25/h6-9,22H,2-5,10-15H2,1H3,(H,23,27). The van der Waals surface area contributed by atoms with Crippen molar-refractivity contribution in [2.75, 3.05) is 39.3 Å². The Kier molecular flexibility index (Phi) is 5.55. The van der Waals surface area contributed by atoms with Crippen molar-refractivity contribution in [3.05, 3.63) is 46.8 Å². The van der Waals surface area contributed by atoms with E-state index in [9.17, 15) is 4.79 Å². The van der Waals surface area contributed by atoms with Crippen LogP contribution < -0.4 is 10.6 Å². The molecule has 1 amide bonds. The van der Waals surface area contributed by atoms with Crippen LogP contribution in [0.25, 0.3) is 5.69 Å². The maximum atomic E-state index is 12.7. The second kappa shape index (κ2) is 8.23. The quantitative estimate of drug-likeness (QED) is 0.763. The number of aromatic nitrogens is 2. The summed E-state index contributed by atoms with van der Waals surface area (Å²) < 4.78 is 1.97. The Morgan fingerprint density at radius 1 is 1.19 bits per heavy atom. The first-order valence-electron chi connectivity index (χ1n) is 10.1. The predicted molar refractivity (Wildman–Crippen MR) is 107 cm³/mol. The van der Waals surface area contributed by atoms with Crippen molar-refractivity contribution >= 4 is 5.91 Å². The summed E-state index contributed by atoms with van der Waals surface area (Å²) in [5.41, 5.74) is 5.21. The highest BCUT2D eigenvalue weighted by atomic mass is 16.1. The molecule has 1 saturated heterocycles. The van der Waals surface area contributed by atoms with E-state index in [1.165, 1.54) is 11.3 Å². The van der Waals surface area contributed by atoms with E-state index in [2.05, 4.69) is 51.8 Å². The molecule has 1 aromatic heterocycles. The number of aryl methyl sites for hydroxylation is 1. The van der Waals surface area contributed by atoms with Crippen LogP contribution in [0.1, 0.15) is 40.2 Å². The molecule has 2 heterocycles. The van der Waals surface area contributed by atoms with Gasteiger partial charge in [-0.05, 0) is 51.3 Å². The molecule has 1 aromatic carbocycles. The summed E-state index contributed by atoms with van der Waals surface area (Å²) >= 11 is 0. The highest BCUT2D eigenvalue weighted by molar-refractivity contribution is 5.94. The van der Waals surface area contributed by atoms with Gasteiger partial charge in [-0.15, -0.1) is 0 Å². The van der Waals surface area contributed by atoms with Crippen LogP contribution in [0.5, 0.6) is 0 Å². The Bertz CT molecular complexity index is 790. The number of amides is 1. The Labute approximate surface area is 160 Å². The van der Waals surface area contributed by atoms with Gasteiger partial charge in [0.2, 0.25) is 0 Å². The van der Waals surface area contributed by atoms with Crippen LogP contribution in [-0.4, -0.2) is 59.9 Å². The van der Waals surface area contributed by atoms with Crippen molar-refractivity contribution in [2.24, 2.45) is 0 Å². The third kappa shape index (κ3) is 4.06. The number of hydrogen-bond acceptors (Lipinski definition) is 4. The van der Waals surface area contributed by atoms with Crippen LogP contribution in [0.4, 0.5) is 0 Å². The smallest absolute Gasteiger partial charge is 0.272 e. The Hall–Kier alpha value is -2.18. The zero-order valence-corrected chi connectivity index (χ0v) is 16.1. The molecule has 1 aliphatic heterocycles. The van der Waals surface area contributed by atoms with Crippen LogP contribution in [0.2, 0.25) is 0 Å². The van der Waals surface area contributed by atoms with Gasteiger partial charge in [-0.25, -0.2) is 4.68 Å². The van der Waals surface area contributed by atoms with Crippen molar-refractivity contribution in [1.29, 1.82) is 0 Å². The summed E-state index contributed by atoms with van der Waals surface area (Å²) in [4.78, 5) is 15.2. The Balaban J connectivity index is 1.40. The highest BCUT2D eigenvalue weighted by Crippen LogP contribution is 2.27. The van der Waals surface area contributed by atoms with Gasteiger partial charge in [-0.3, -0.25) is 4.79 Å². The molecule has 1 aliphatic carbocycles. The molecule has 0 spiro atoms. The Morgan fingerprint density at radius 2 is 1.96 bits per heavy atom. The molecule has 4 rings (SSSR count). The third-order valence-corrected chi connectivity index (χ3v) is 5.57. The fourth-order valence-electron chi connectivity index (χ4n) is 4.04. The molecule has 2 N–H and O–H groups in total. The van der Waals surface area contributed by atoms with E-state index in [1.807, 2.05) is 4.68 Å². The minimum absolute atomic E-state index is 0.0284. The van der Waals surface area contributed by atoms with Crippen LogP contribution in [0, 0.1) is 6.92 Å². The first kappa shape index (κ1) is 18.2. The summed E-state index contributed by atoms with van der Waals surface area (Å²) in [7, 11) is 0. The second-order valence-corrected chi connectivity index (χ2v) is 7.58. The minimum atomic E-state index is -0.0284. The molecule has 6 heteroatoms. The summed E-state index contributed by atoms with van der Waals surface area (Å²) in [5.74, 6) is -0.0284. The summed E-state index contributed by atoms with van der Waals surface area (Å²) in [6.07, 6.45) is 4.02. The number of rotatable bonds is 6. The van der Waals surface area contributed by atoms with E-state index in [-0.39, 0.29) is 5.91 Å². The normalized spacial score (nSPS) is 17.1. The molecule has 144 valence electrons. The van der Waals surface area contributed by atoms with E-state index in [0.717, 1.165) is 69.7 Å². The first-order valence-corrected chi connectivity index (χ1v) is 10.1. The molecule has 27 heavy (non-hydrogen) atoms. The van der Waals surface area contributed by atoms with Crippen molar-refractivity contribution in [2.45, 2.75) is 32.6 Å². The fraction of sp³-hybridized carbons (Fsp3) is 0.524. The van der Waals surface area contributed by atoms with Gasteiger partial charge >= 0.3 is 0 Å². The number of fused-ring (bicyclic) bond motifs is 1. The third-order valence-electron chi connectivity index (χ3n) is 5.57. The molecule has 2 aliphatic rings. The molecule has 0 bridgehead atoms. The predicted octanol–water partition coefficient (Wildman–Crippen LogP) is 1.69. The van der Waals surface area contributed by atoms with Gasteiger partial charge in [0.15, 0.2) is 5.69 Å². The lowest BCUT2D eigenvalue weighted by molar-refractivity contribution is 0.0945. The maximum absolute atomic E-state index is 12.7. The maximum Gasteiger partial charge on any atom is 0.272 e. The van der Waals surface area contributed by atoms with Crippen LogP contribution in [-0.2, 0) is 12.8 Å². The number of carbonyl (C=O) groups excluding carboxylic acids is 1. The molecule has 2 aromatic rings. The van der Waals surface area contributed by atoms with E-state index < -0.39 is 0 Å². The van der Waals surface area contributed by atoms with E-state index in [4.69, 9.17) is 0 Å².